The van der Waals surface area contributed by atoms with Crippen molar-refractivity contribution >= 4 is 17.5 Å². The van der Waals surface area contributed by atoms with Crippen LogP contribution >= 0.6 is 0 Å². The van der Waals surface area contributed by atoms with Crippen LogP contribution in [-0.4, -0.2) is 22.9 Å². The number of hydrogen-bond donors (Lipinski definition) is 1. The molecule has 0 bridgehead atoms. The van der Waals surface area contributed by atoms with Crippen LogP contribution in [0.25, 0.3) is 0 Å². The van der Waals surface area contributed by atoms with E-state index in [9.17, 15) is 9.59 Å². The third-order valence-electron chi connectivity index (χ3n) is 5.97. The van der Waals surface area contributed by atoms with Crippen LogP contribution in [0.2, 0.25) is 0 Å². The van der Waals surface area contributed by atoms with E-state index in [1.165, 1.54) is 4.90 Å². The summed E-state index contributed by atoms with van der Waals surface area (Å²) < 4.78 is 0. The molecule has 2 aliphatic rings. The van der Waals surface area contributed by atoms with Gasteiger partial charge in [0, 0.05) is 6.54 Å². The standard InChI is InChI=1S/C25H23N3O2/c1-17-12-14-20(15-13-17)28-24(29)21-22(19-10-6-3-7-11-19)26-27(23(21)25(28)30)16-18-8-4-2-5-9-18/h2-15,21-23,26H,16H2,1H3/t21-,22+,23-/m1/s1. The smallest absolute Gasteiger partial charge is 0.253 e. The minimum atomic E-state index is -0.538. The molecule has 150 valence electrons. The molecule has 3 aromatic carbocycles. The van der Waals surface area contributed by atoms with Gasteiger partial charge in [-0.25, -0.2) is 15.3 Å². The van der Waals surface area contributed by atoms with E-state index in [1.54, 1.807) is 0 Å². The van der Waals surface area contributed by atoms with Gasteiger partial charge in [-0.2, -0.15) is 0 Å². The van der Waals surface area contributed by atoms with Crippen LogP contribution in [0.15, 0.2) is 84.9 Å². The Hall–Kier alpha value is -3.28. The van der Waals surface area contributed by atoms with E-state index in [1.807, 2.05) is 96.9 Å². The van der Waals surface area contributed by atoms with Gasteiger partial charge in [-0.15, -0.1) is 0 Å². The zero-order valence-electron chi connectivity index (χ0n) is 16.7. The van der Waals surface area contributed by atoms with E-state index in [2.05, 4.69) is 5.43 Å². The van der Waals surface area contributed by atoms with Gasteiger partial charge in [-0.05, 0) is 30.2 Å². The second kappa shape index (κ2) is 7.52. The number of amides is 2. The highest BCUT2D eigenvalue weighted by atomic mass is 16.2. The summed E-state index contributed by atoms with van der Waals surface area (Å²) >= 11 is 0. The van der Waals surface area contributed by atoms with Crippen molar-refractivity contribution in [2.24, 2.45) is 5.92 Å². The lowest BCUT2D eigenvalue weighted by Gasteiger charge is -2.25. The second-order valence-corrected chi connectivity index (χ2v) is 7.95. The Morgan fingerprint density at radius 2 is 1.43 bits per heavy atom. The number of anilines is 1. The topological polar surface area (TPSA) is 52.7 Å². The van der Waals surface area contributed by atoms with Crippen molar-refractivity contribution in [3.05, 3.63) is 102 Å². The molecule has 0 aromatic heterocycles. The lowest BCUT2D eigenvalue weighted by Crippen LogP contribution is -2.45. The summed E-state index contributed by atoms with van der Waals surface area (Å²) in [6.45, 7) is 2.54. The Morgan fingerprint density at radius 3 is 2.10 bits per heavy atom. The highest BCUT2D eigenvalue weighted by molar-refractivity contribution is 6.24. The van der Waals surface area contributed by atoms with E-state index in [0.717, 1.165) is 16.7 Å². The molecule has 5 rings (SSSR count). The minimum Gasteiger partial charge on any atom is -0.274 e. The molecule has 5 heteroatoms. The molecular formula is C25H23N3O2. The molecule has 30 heavy (non-hydrogen) atoms. The monoisotopic (exact) mass is 397 g/mol. The fourth-order valence-corrected chi connectivity index (χ4v) is 4.48. The molecule has 5 nitrogen and oxygen atoms in total. The number of hydrazine groups is 1. The third kappa shape index (κ3) is 3.12. The van der Waals surface area contributed by atoms with Crippen molar-refractivity contribution in [3.63, 3.8) is 0 Å². The number of rotatable bonds is 4. The van der Waals surface area contributed by atoms with Gasteiger partial charge in [0.25, 0.3) is 5.91 Å². The van der Waals surface area contributed by atoms with Gasteiger partial charge < -0.3 is 0 Å². The van der Waals surface area contributed by atoms with Crippen LogP contribution in [0.1, 0.15) is 22.7 Å². The SMILES string of the molecule is Cc1ccc(N2C(=O)[C@@H]3[C@H](c4ccccc4)NN(Cc4ccccc4)[C@H]3C2=O)cc1. The molecule has 2 aliphatic heterocycles. The average Bonchev–Trinajstić information content (AvgIpc) is 3.27. The van der Waals surface area contributed by atoms with Gasteiger partial charge in [-0.1, -0.05) is 78.4 Å². The Labute approximate surface area is 175 Å². The number of aryl methyl sites for hydroxylation is 1. The molecule has 2 fully saturated rings. The van der Waals surface area contributed by atoms with Crippen molar-refractivity contribution < 1.29 is 9.59 Å². The van der Waals surface area contributed by atoms with E-state index in [4.69, 9.17) is 0 Å². The molecule has 0 radical (unpaired) electrons. The van der Waals surface area contributed by atoms with Crippen LogP contribution in [0, 0.1) is 12.8 Å². The van der Waals surface area contributed by atoms with Crippen molar-refractivity contribution in [2.75, 3.05) is 4.90 Å². The van der Waals surface area contributed by atoms with Crippen LogP contribution in [-0.2, 0) is 16.1 Å². The maximum Gasteiger partial charge on any atom is 0.253 e. The van der Waals surface area contributed by atoms with Crippen LogP contribution in [0.3, 0.4) is 0 Å². The number of nitrogens with one attached hydrogen (secondary N) is 1. The number of benzene rings is 3. The number of hydrogen-bond acceptors (Lipinski definition) is 4. The van der Waals surface area contributed by atoms with Gasteiger partial charge in [0.15, 0.2) is 0 Å². The molecule has 0 spiro atoms. The summed E-state index contributed by atoms with van der Waals surface area (Å²) in [7, 11) is 0. The van der Waals surface area contributed by atoms with Crippen molar-refractivity contribution in [1.82, 2.24) is 10.4 Å². The minimum absolute atomic E-state index is 0.147. The predicted molar refractivity (Wildman–Crippen MR) is 115 cm³/mol. The van der Waals surface area contributed by atoms with Crippen molar-refractivity contribution in [2.45, 2.75) is 25.6 Å². The van der Waals surface area contributed by atoms with E-state index < -0.39 is 12.0 Å². The van der Waals surface area contributed by atoms with Crippen molar-refractivity contribution in [3.8, 4) is 0 Å². The Balaban J connectivity index is 1.53. The Kier molecular flexibility index (Phi) is 4.69. The molecule has 2 heterocycles. The van der Waals surface area contributed by atoms with E-state index in [-0.39, 0.29) is 17.9 Å². The van der Waals surface area contributed by atoms with Gasteiger partial charge in [0.1, 0.15) is 6.04 Å². The number of carbonyl (C=O) groups excluding carboxylic acids is 2. The molecule has 3 atom stereocenters. The first kappa shape index (κ1) is 18.7. The second-order valence-electron chi connectivity index (χ2n) is 7.95. The first-order chi connectivity index (χ1) is 14.6. The molecule has 2 saturated heterocycles. The zero-order chi connectivity index (χ0) is 20.7. The summed E-state index contributed by atoms with van der Waals surface area (Å²) in [6.07, 6.45) is 0. The molecule has 1 N–H and O–H groups in total. The van der Waals surface area contributed by atoms with Crippen LogP contribution < -0.4 is 10.3 Å². The molecule has 0 saturated carbocycles. The molecule has 2 amide bonds. The normalized spacial score (nSPS) is 23.8. The Bertz CT molecular complexity index is 1070. The third-order valence-corrected chi connectivity index (χ3v) is 5.97. The van der Waals surface area contributed by atoms with Gasteiger partial charge in [0.2, 0.25) is 5.91 Å². The number of imide groups is 1. The number of nitrogens with zero attached hydrogens (tertiary/aromatic N) is 2. The highest BCUT2D eigenvalue weighted by Crippen LogP contribution is 2.42. The number of fused-ring (bicyclic) bond motifs is 1. The summed E-state index contributed by atoms with van der Waals surface area (Å²) in [6, 6.07) is 26.7. The molecular weight excluding hydrogens is 374 g/mol. The van der Waals surface area contributed by atoms with Gasteiger partial charge in [0.05, 0.1) is 17.6 Å². The summed E-state index contributed by atoms with van der Waals surface area (Å²) in [4.78, 5) is 28.4. The lowest BCUT2D eigenvalue weighted by molar-refractivity contribution is -0.124. The van der Waals surface area contributed by atoms with E-state index in [0.29, 0.717) is 12.2 Å². The predicted octanol–water partition coefficient (Wildman–Crippen LogP) is 3.61. The van der Waals surface area contributed by atoms with E-state index >= 15 is 0 Å². The van der Waals surface area contributed by atoms with Gasteiger partial charge in [-0.3, -0.25) is 9.59 Å². The fraction of sp³-hybridized carbons (Fsp3) is 0.200. The average molecular weight is 397 g/mol. The first-order valence-corrected chi connectivity index (χ1v) is 10.2. The van der Waals surface area contributed by atoms with Gasteiger partial charge >= 0.3 is 0 Å². The molecule has 0 aliphatic carbocycles. The maximum atomic E-state index is 13.5. The fourth-order valence-electron chi connectivity index (χ4n) is 4.48. The maximum absolute atomic E-state index is 13.5. The van der Waals surface area contributed by atoms with Crippen LogP contribution in [0.5, 0.6) is 0 Å². The van der Waals surface area contributed by atoms with Crippen molar-refractivity contribution in [1.29, 1.82) is 0 Å². The molecule has 0 unspecified atom stereocenters. The summed E-state index contributed by atoms with van der Waals surface area (Å²) in [5, 5.41) is 1.94. The first-order valence-electron chi connectivity index (χ1n) is 10.2. The van der Waals surface area contributed by atoms with Crippen LogP contribution in [0.4, 0.5) is 5.69 Å². The summed E-state index contributed by atoms with van der Waals surface area (Å²) in [5.41, 5.74) is 7.29. The highest BCUT2D eigenvalue weighted by Gasteiger charge is 2.58. The lowest BCUT2D eigenvalue weighted by atomic mass is 9.91. The Morgan fingerprint density at radius 1 is 0.800 bits per heavy atom. The number of carbonyl (C=O) groups is 2. The summed E-state index contributed by atoms with van der Waals surface area (Å²) in [5.74, 6) is -0.786. The quantitative estimate of drug-likeness (QED) is 0.684. The zero-order valence-corrected chi connectivity index (χ0v) is 16.7. The largest absolute Gasteiger partial charge is 0.274 e. The molecule has 3 aromatic rings.